The van der Waals surface area contributed by atoms with Gasteiger partial charge in [-0.15, -0.1) is 0 Å². The van der Waals surface area contributed by atoms with E-state index in [-0.39, 0.29) is 11.8 Å². The monoisotopic (exact) mass is 297 g/mol. The number of hydrogen-bond donors (Lipinski definition) is 0. The molecule has 0 radical (unpaired) electrons. The van der Waals surface area contributed by atoms with E-state index in [0.717, 1.165) is 18.7 Å². The van der Waals surface area contributed by atoms with Crippen molar-refractivity contribution in [2.24, 2.45) is 0 Å². The fourth-order valence-electron chi connectivity index (χ4n) is 2.56. The molecule has 1 aliphatic rings. The lowest BCUT2D eigenvalue weighted by atomic mass is 10.0. The zero-order chi connectivity index (χ0) is 14.0. The van der Waals surface area contributed by atoms with Crippen LogP contribution in [0.25, 0.3) is 0 Å². The minimum Gasteiger partial charge on any atom is -0.292 e. The van der Waals surface area contributed by atoms with E-state index in [1.807, 2.05) is 30.8 Å². The normalized spacial score (nSPS) is 26.1. The van der Waals surface area contributed by atoms with Crippen molar-refractivity contribution in [1.29, 1.82) is 0 Å². The maximum absolute atomic E-state index is 12.5. The van der Waals surface area contributed by atoms with E-state index in [4.69, 9.17) is 11.6 Å². The molecule has 1 aromatic rings. The molecule has 0 spiro atoms. The maximum atomic E-state index is 12.5. The molecule has 19 heavy (non-hydrogen) atoms. The molecule has 0 saturated carbocycles. The highest BCUT2D eigenvalue weighted by molar-refractivity contribution is 8.00. The fourth-order valence-corrected chi connectivity index (χ4v) is 4.03. The number of carbonyl (C=O) groups excluding carboxylic acids is 1. The summed E-state index contributed by atoms with van der Waals surface area (Å²) in [4.78, 5) is 14.8. The summed E-state index contributed by atoms with van der Waals surface area (Å²) in [5.41, 5.74) is 0.746. The second-order valence-electron chi connectivity index (χ2n) is 5.26. The van der Waals surface area contributed by atoms with Gasteiger partial charge in [0.25, 0.3) is 0 Å². The average Bonchev–Trinajstić information content (AvgIpc) is 2.37. The van der Waals surface area contributed by atoms with Crippen LogP contribution in [0.1, 0.15) is 31.1 Å². The van der Waals surface area contributed by atoms with Gasteiger partial charge in [0.1, 0.15) is 0 Å². The van der Waals surface area contributed by atoms with Crippen LogP contribution in [-0.2, 0) is 0 Å². The number of hydrogen-bond acceptors (Lipinski definition) is 3. The van der Waals surface area contributed by atoms with Gasteiger partial charge in [0.05, 0.1) is 6.04 Å². The first-order valence-corrected chi connectivity index (χ1v) is 7.98. The lowest BCUT2D eigenvalue weighted by molar-refractivity contribution is 0.0836. The van der Waals surface area contributed by atoms with Gasteiger partial charge in [0.15, 0.2) is 5.78 Å². The number of Topliss-reactive ketones (excluding diaryl/α,β-unsaturated/α-hetero) is 1. The molecule has 3 atom stereocenters. The summed E-state index contributed by atoms with van der Waals surface area (Å²) in [6.45, 7) is 8.43. The fraction of sp³-hybridized carbons (Fsp3) is 0.533. The molecule has 0 bridgehead atoms. The van der Waals surface area contributed by atoms with Crippen LogP contribution in [0.2, 0.25) is 5.02 Å². The first kappa shape index (κ1) is 14.9. The van der Waals surface area contributed by atoms with E-state index in [1.54, 1.807) is 12.1 Å². The predicted molar refractivity (Wildman–Crippen MR) is 83.3 cm³/mol. The average molecular weight is 298 g/mol. The molecule has 1 fully saturated rings. The summed E-state index contributed by atoms with van der Waals surface area (Å²) >= 11 is 7.86. The third kappa shape index (κ3) is 3.74. The topological polar surface area (TPSA) is 20.3 Å². The molecule has 1 aliphatic heterocycles. The molecule has 2 nitrogen and oxygen atoms in total. The van der Waals surface area contributed by atoms with E-state index >= 15 is 0 Å². The molecule has 0 aromatic heterocycles. The first-order valence-electron chi connectivity index (χ1n) is 6.66. The van der Waals surface area contributed by atoms with Crippen molar-refractivity contribution in [3.05, 3.63) is 34.9 Å². The molecule has 0 amide bonds. The van der Waals surface area contributed by atoms with Gasteiger partial charge < -0.3 is 0 Å². The number of thioether (sulfide) groups is 1. The Bertz CT molecular complexity index is 438. The zero-order valence-corrected chi connectivity index (χ0v) is 13.2. The molecule has 4 heteroatoms. The summed E-state index contributed by atoms with van der Waals surface area (Å²) in [7, 11) is 0. The maximum Gasteiger partial charge on any atom is 0.179 e. The Morgan fingerprint density at radius 3 is 2.32 bits per heavy atom. The third-order valence-corrected chi connectivity index (χ3v) is 4.98. The molecule has 104 valence electrons. The van der Waals surface area contributed by atoms with E-state index in [0.29, 0.717) is 15.5 Å². The smallest absolute Gasteiger partial charge is 0.179 e. The second kappa shape index (κ2) is 6.29. The molecule has 1 saturated heterocycles. The Labute approximate surface area is 124 Å². The highest BCUT2D eigenvalue weighted by Crippen LogP contribution is 2.26. The molecule has 0 N–H and O–H groups in total. The van der Waals surface area contributed by atoms with Gasteiger partial charge in [-0.25, -0.2) is 0 Å². The number of benzene rings is 1. The van der Waals surface area contributed by atoms with Crippen molar-refractivity contribution >= 4 is 29.1 Å². The molecule has 3 unspecified atom stereocenters. The minimum absolute atomic E-state index is 0.0630. The number of rotatable bonds is 3. The zero-order valence-electron chi connectivity index (χ0n) is 11.6. The lowest BCUT2D eigenvalue weighted by Gasteiger charge is -2.37. The molecule has 2 rings (SSSR count). The quantitative estimate of drug-likeness (QED) is 0.793. The van der Waals surface area contributed by atoms with E-state index in [2.05, 4.69) is 18.7 Å². The van der Waals surface area contributed by atoms with Crippen molar-refractivity contribution in [2.45, 2.75) is 37.3 Å². The van der Waals surface area contributed by atoms with Crippen LogP contribution in [0.3, 0.4) is 0 Å². The molecule has 0 aliphatic carbocycles. The molecular weight excluding hydrogens is 278 g/mol. The summed E-state index contributed by atoms with van der Waals surface area (Å²) < 4.78 is 0. The second-order valence-corrected chi connectivity index (χ2v) is 7.58. The van der Waals surface area contributed by atoms with Gasteiger partial charge in [-0.2, -0.15) is 11.8 Å². The summed E-state index contributed by atoms with van der Waals surface area (Å²) in [6, 6.07) is 7.11. The SMILES string of the molecule is CC1CN(C(C)C(=O)c2ccc(Cl)cc2)CC(C)S1. The van der Waals surface area contributed by atoms with E-state index in [1.165, 1.54) is 0 Å². The highest BCUT2D eigenvalue weighted by atomic mass is 35.5. The van der Waals surface area contributed by atoms with Crippen LogP contribution in [0.5, 0.6) is 0 Å². The van der Waals surface area contributed by atoms with Crippen molar-refractivity contribution < 1.29 is 4.79 Å². The first-order chi connectivity index (χ1) is 8.97. The Hall–Kier alpha value is -0.510. The Morgan fingerprint density at radius 1 is 1.26 bits per heavy atom. The highest BCUT2D eigenvalue weighted by Gasteiger charge is 2.29. The van der Waals surface area contributed by atoms with Gasteiger partial charge in [0, 0.05) is 34.2 Å². The van der Waals surface area contributed by atoms with Crippen LogP contribution in [0.15, 0.2) is 24.3 Å². The molecule has 1 heterocycles. The number of carbonyl (C=O) groups is 1. The predicted octanol–water partition coefficient (Wildman–Crippen LogP) is 3.74. The molecular formula is C15H20ClNOS. The van der Waals surface area contributed by atoms with Crippen LogP contribution < -0.4 is 0 Å². The number of halogens is 1. The summed E-state index contributed by atoms with van der Waals surface area (Å²) in [5, 5.41) is 1.84. The van der Waals surface area contributed by atoms with Crippen LogP contribution in [0.4, 0.5) is 0 Å². The van der Waals surface area contributed by atoms with Crippen molar-refractivity contribution in [1.82, 2.24) is 4.90 Å². The van der Waals surface area contributed by atoms with Crippen molar-refractivity contribution in [3.63, 3.8) is 0 Å². The Balaban J connectivity index is 2.08. The van der Waals surface area contributed by atoms with Crippen LogP contribution in [-0.4, -0.2) is 40.3 Å². The van der Waals surface area contributed by atoms with Crippen molar-refractivity contribution in [2.75, 3.05) is 13.1 Å². The van der Waals surface area contributed by atoms with Gasteiger partial charge in [-0.1, -0.05) is 25.4 Å². The largest absolute Gasteiger partial charge is 0.292 e. The van der Waals surface area contributed by atoms with Gasteiger partial charge in [-0.05, 0) is 31.2 Å². The van der Waals surface area contributed by atoms with Crippen LogP contribution >= 0.6 is 23.4 Å². The van der Waals surface area contributed by atoms with Gasteiger partial charge in [0.2, 0.25) is 0 Å². The van der Waals surface area contributed by atoms with Gasteiger partial charge >= 0.3 is 0 Å². The summed E-state index contributed by atoms with van der Waals surface area (Å²) in [5.74, 6) is 0.183. The molecule has 1 aromatic carbocycles. The van der Waals surface area contributed by atoms with Gasteiger partial charge in [-0.3, -0.25) is 9.69 Å². The Morgan fingerprint density at radius 2 is 1.79 bits per heavy atom. The summed E-state index contributed by atoms with van der Waals surface area (Å²) in [6.07, 6.45) is 0. The Kier molecular flexibility index (Phi) is 4.93. The number of nitrogens with zero attached hydrogens (tertiary/aromatic N) is 1. The van der Waals surface area contributed by atoms with Crippen LogP contribution in [0, 0.1) is 0 Å². The third-order valence-electron chi connectivity index (χ3n) is 3.50. The van der Waals surface area contributed by atoms with E-state index in [9.17, 15) is 4.79 Å². The standard InChI is InChI=1S/C15H20ClNOS/c1-10-8-17(9-11(2)19-10)12(3)15(18)13-4-6-14(16)7-5-13/h4-7,10-12H,8-9H2,1-3H3. The number of ketones is 1. The minimum atomic E-state index is -0.0630. The lowest BCUT2D eigenvalue weighted by Crippen LogP contribution is -2.48. The van der Waals surface area contributed by atoms with Crippen molar-refractivity contribution in [3.8, 4) is 0 Å². The van der Waals surface area contributed by atoms with E-state index < -0.39 is 0 Å².